The standard InChI is InChI=1S/C5H4N3O2S/c6-5-7-4(2-11-5)3(1-9)8-10/h2,10H,(H2,6,7). The highest BCUT2D eigenvalue weighted by atomic mass is 32.1. The zero-order valence-electron chi connectivity index (χ0n) is 5.31. The van der Waals surface area contributed by atoms with Gasteiger partial charge in [-0.15, -0.1) is 11.3 Å². The fourth-order valence-corrected chi connectivity index (χ4v) is 1.07. The lowest BCUT2D eigenvalue weighted by Crippen LogP contribution is -2.02. The second-order valence-corrected chi connectivity index (χ2v) is 2.51. The summed E-state index contributed by atoms with van der Waals surface area (Å²) in [6.45, 7) is 0. The molecule has 3 N–H and O–H groups in total. The molecule has 0 aliphatic heterocycles. The first-order valence-corrected chi connectivity index (χ1v) is 3.47. The number of nitrogen functional groups attached to an aromatic ring is 1. The van der Waals surface area contributed by atoms with E-state index in [1.807, 2.05) is 0 Å². The Balaban J connectivity index is 3.00. The molecule has 0 atom stereocenters. The van der Waals surface area contributed by atoms with Gasteiger partial charge in [-0.1, -0.05) is 5.16 Å². The first-order valence-electron chi connectivity index (χ1n) is 2.59. The van der Waals surface area contributed by atoms with Gasteiger partial charge < -0.3 is 10.9 Å². The normalized spacial score (nSPS) is 11.5. The van der Waals surface area contributed by atoms with E-state index in [4.69, 9.17) is 10.9 Å². The maximum Gasteiger partial charge on any atom is 0.259 e. The number of thiazole rings is 1. The predicted octanol–water partition coefficient (Wildman–Crippen LogP) is 0.0133. The van der Waals surface area contributed by atoms with Crippen LogP contribution in [0.25, 0.3) is 0 Å². The fraction of sp³-hybridized carbons (Fsp3) is 0. The van der Waals surface area contributed by atoms with E-state index in [0.29, 0.717) is 5.13 Å². The van der Waals surface area contributed by atoms with Crippen molar-refractivity contribution >= 4 is 28.5 Å². The van der Waals surface area contributed by atoms with E-state index in [0.717, 1.165) is 11.3 Å². The summed E-state index contributed by atoms with van der Waals surface area (Å²) < 4.78 is 0. The van der Waals surface area contributed by atoms with Crippen molar-refractivity contribution in [3.05, 3.63) is 11.1 Å². The van der Waals surface area contributed by atoms with Gasteiger partial charge in [-0.05, 0) is 0 Å². The first-order chi connectivity index (χ1) is 5.27. The van der Waals surface area contributed by atoms with E-state index < -0.39 is 0 Å². The highest BCUT2D eigenvalue weighted by molar-refractivity contribution is 7.13. The van der Waals surface area contributed by atoms with Crippen LogP contribution in [0.15, 0.2) is 10.5 Å². The molecule has 57 valence electrons. The number of nitrogens with zero attached hydrogens (tertiary/aromatic N) is 2. The molecule has 0 aromatic carbocycles. The van der Waals surface area contributed by atoms with Crippen LogP contribution >= 0.6 is 11.3 Å². The number of aromatic nitrogens is 1. The van der Waals surface area contributed by atoms with Crippen LogP contribution in [0.3, 0.4) is 0 Å². The highest BCUT2D eigenvalue weighted by Crippen LogP contribution is 2.10. The summed E-state index contributed by atoms with van der Waals surface area (Å²) in [5.74, 6) is 0. The lowest BCUT2D eigenvalue weighted by Gasteiger charge is -1.84. The molecular weight excluding hydrogens is 166 g/mol. The van der Waals surface area contributed by atoms with Crippen molar-refractivity contribution < 1.29 is 10.0 Å². The Hall–Kier alpha value is -1.43. The summed E-state index contributed by atoms with van der Waals surface area (Å²) in [6, 6.07) is 0. The van der Waals surface area contributed by atoms with E-state index in [-0.39, 0.29) is 11.4 Å². The molecule has 1 aromatic heterocycles. The molecule has 1 heterocycles. The van der Waals surface area contributed by atoms with Crippen LogP contribution in [0.2, 0.25) is 0 Å². The Kier molecular flexibility index (Phi) is 2.17. The van der Waals surface area contributed by atoms with Gasteiger partial charge >= 0.3 is 0 Å². The summed E-state index contributed by atoms with van der Waals surface area (Å²) in [5.41, 5.74) is 5.27. The summed E-state index contributed by atoms with van der Waals surface area (Å²) in [7, 11) is 0. The van der Waals surface area contributed by atoms with E-state index in [1.165, 1.54) is 11.7 Å². The largest absolute Gasteiger partial charge is 0.410 e. The Labute approximate surface area is 66.2 Å². The van der Waals surface area contributed by atoms with Gasteiger partial charge in [0, 0.05) is 5.38 Å². The number of carbonyl (C=O) groups excluding carboxylic acids is 1. The van der Waals surface area contributed by atoms with E-state index >= 15 is 0 Å². The van der Waals surface area contributed by atoms with Crippen molar-refractivity contribution in [3.63, 3.8) is 0 Å². The Bertz CT molecular complexity index is 294. The molecule has 0 aliphatic rings. The third-order valence-electron chi connectivity index (χ3n) is 0.961. The van der Waals surface area contributed by atoms with Gasteiger partial charge in [-0.2, -0.15) is 0 Å². The molecule has 0 unspecified atom stereocenters. The van der Waals surface area contributed by atoms with Crippen molar-refractivity contribution in [2.24, 2.45) is 5.16 Å². The number of hydrogen-bond donors (Lipinski definition) is 2. The molecule has 5 nitrogen and oxygen atoms in total. The van der Waals surface area contributed by atoms with Gasteiger partial charge in [0.2, 0.25) is 0 Å². The number of hydrogen-bond acceptors (Lipinski definition) is 6. The monoisotopic (exact) mass is 170 g/mol. The van der Waals surface area contributed by atoms with Crippen LogP contribution in [0.1, 0.15) is 5.69 Å². The molecule has 0 saturated carbocycles. The van der Waals surface area contributed by atoms with Gasteiger partial charge in [0.1, 0.15) is 5.69 Å². The van der Waals surface area contributed by atoms with E-state index in [9.17, 15) is 4.79 Å². The Morgan fingerprint density at radius 3 is 3.00 bits per heavy atom. The smallest absolute Gasteiger partial charge is 0.259 e. The molecule has 1 rings (SSSR count). The van der Waals surface area contributed by atoms with Crippen molar-refractivity contribution in [1.82, 2.24) is 4.98 Å². The molecule has 0 saturated heterocycles. The van der Waals surface area contributed by atoms with Crippen LogP contribution in [-0.4, -0.2) is 22.2 Å². The second kappa shape index (κ2) is 3.11. The second-order valence-electron chi connectivity index (χ2n) is 1.62. The van der Waals surface area contributed by atoms with Crippen molar-refractivity contribution in [2.45, 2.75) is 0 Å². The van der Waals surface area contributed by atoms with E-state index in [2.05, 4.69) is 10.1 Å². The van der Waals surface area contributed by atoms with Crippen LogP contribution in [0.5, 0.6) is 0 Å². The SMILES string of the molecule is Nc1nc(C([C]=O)=NO)cs1. The zero-order valence-corrected chi connectivity index (χ0v) is 6.13. The van der Waals surface area contributed by atoms with Crippen molar-refractivity contribution in [3.8, 4) is 0 Å². The molecule has 0 amide bonds. The molecule has 0 spiro atoms. The number of rotatable bonds is 2. The maximum atomic E-state index is 10.1. The van der Waals surface area contributed by atoms with Gasteiger partial charge in [-0.25, -0.2) is 4.98 Å². The molecule has 11 heavy (non-hydrogen) atoms. The van der Waals surface area contributed by atoms with Crippen LogP contribution in [0.4, 0.5) is 5.13 Å². The topological polar surface area (TPSA) is 88.6 Å². The highest BCUT2D eigenvalue weighted by Gasteiger charge is 2.07. The van der Waals surface area contributed by atoms with Crippen LogP contribution in [-0.2, 0) is 4.79 Å². The first kappa shape index (κ1) is 7.67. The predicted molar refractivity (Wildman–Crippen MR) is 40.5 cm³/mol. The zero-order chi connectivity index (χ0) is 8.27. The molecule has 6 heteroatoms. The lowest BCUT2D eigenvalue weighted by atomic mass is 10.3. The van der Waals surface area contributed by atoms with Gasteiger partial charge in [0.15, 0.2) is 10.8 Å². The molecule has 0 fully saturated rings. The average molecular weight is 170 g/mol. The molecular formula is C5H4N3O2S. The van der Waals surface area contributed by atoms with Crippen molar-refractivity contribution in [2.75, 3.05) is 5.73 Å². The minimum Gasteiger partial charge on any atom is -0.410 e. The summed E-state index contributed by atoms with van der Waals surface area (Å²) >= 11 is 1.16. The maximum absolute atomic E-state index is 10.1. The van der Waals surface area contributed by atoms with Gasteiger partial charge in [0.25, 0.3) is 6.29 Å². The number of anilines is 1. The molecule has 0 aliphatic carbocycles. The fourth-order valence-electron chi connectivity index (χ4n) is 0.520. The van der Waals surface area contributed by atoms with Crippen molar-refractivity contribution in [1.29, 1.82) is 0 Å². The number of oxime groups is 1. The molecule has 0 bridgehead atoms. The average Bonchev–Trinajstić information content (AvgIpc) is 2.39. The molecule has 1 radical (unpaired) electrons. The number of nitrogens with two attached hydrogens (primary N) is 1. The quantitative estimate of drug-likeness (QED) is 0.372. The third kappa shape index (κ3) is 1.53. The molecule has 1 aromatic rings. The summed E-state index contributed by atoms with van der Waals surface area (Å²) in [4.78, 5) is 13.7. The Morgan fingerprint density at radius 2 is 2.64 bits per heavy atom. The minimum atomic E-state index is -0.238. The lowest BCUT2D eigenvalue weighted by molar-refractivity contribution is 0.320. The summed E-state index contributed by atoms with van der Waals surface area (Å²) in [5, 5.41) is 12.7. The van der Waals surface area contributed by atoms with Gasteiger partial charge in [-0.3, -0.25) is 4.79 Å². The van der Waals surface area contributed by atoms with Crippen LogP contribution in [0, 0.1) is 0 Å². The van der Waals surface area contributed by atoms with Crippen LogP contribution < -0.4 is 5.73 Å². The summed E-state index contributed by atoms with van der Waals surface area (Å²) in [6.07, 6.45) is 1.42. The Morgan fingerprint density at radius 1 is 1.91 bits per heavy atom. The third-order valence-corrected chi connectivity index (χ3v) is 1.64. The van der Waals surface area contributed by atoms with E-state index in [1.54, 1.807) is 0 Å². The minimum absolute atomic E-state index is 0.238. The van der Waals surface area contributed by atoms with Gasteiger partial charge in [0.05, 0.1) is 0 Å².